The molecule has 0 aliphatic rings. The lowest BCUT2D eigenvalue weighted by Gasteiger charge is -2.05. The van der Waals surface area contributed by atoms with Crippen LogP contribution in [0.25, 0.3) is 0 Å². The Balaban J connectivity index is 2.46. The minimum Gasteiger partial charge on any atom is -0.455 e. The van der Waals surface area contributed by atoms with Crippen molar-refractivity contribution < 1.29 is 19.2 Å². The van der Waals surface area contributed by atoms with Crippen LogP contribution in [0, 0.1) is 21.4 Å². The van der Waals surface area contributed by atoms with Gasteiger partial charge in [-0.15, -0.1) is 0 Å². The van der Waals surface area contributed by atoms with Gasteiger partial charge in [-0.3, -0.25) is 19.7 Å². The van der Waals surface area contributed by atoms with Gasteiger partial charge in [0.25, 0.3) is 11.6 Å². The molecule has 1 N–H and O–H groups in total. The van der Waals surface area contributed by atoms with Crippen LogP contribution in [0.15, 0.2) is 24.3 Å². The summed E-state index contributed by atoms with van der Waals surface area (Å²) in [6, 6.07) is 7.66. The zero-order valence-corrected chi connectivity index (χ0v) is 11.1. The van der Waals surface area contributed by atoms with Gasteiger partial charge in [-0.1, -0.05) is 18.2 Å². The third-order valence-electron chi connectivity index (χ3n) is 2.45. The maximum absolute atomic E-state index is 11.5. The number of amides is 1. The van der Waals surface area contributed by atoms with Gasteiger partial charge in [0.05, 0.1) is 23.8 Å². The van der Waals surface area contributed by atoms with Crippen LogP contribution in [0.5, 0.6) is 0 Å². The van der Waals surface area contributed by atoms with E-state index in [1.54, 1.807) is 6.07 Å². The average molecular weight is 291 g/mol. The molecule has 1 aromatic rings. The number of para-hydroxylation sites is 1. The van der Waals surface area contributed by atoms with Gasteiger partial charge in [0, 0.05) is 18.2 Å². The molecule has 1 aromatic carbocycles. The van der Waals surface area contributed by atoms with Crippen molar-refractivity contribution in [3.8, 4) is 6.07 Å². The van der Waals surface area contributed by atoms with E-state index < -0.39 is 23.4 Å². The first-order valence-corrected chi connectivity index (χ1v) is 6.06. The Hall–Kier alpha value is -2.95. The van der Waals surface area contributed by atoms with Crippen molar-refractivity contribution in [2.45, 2.75) is 12.8 Å². The van der Waals surface area contributed by atoms with Crippen LogP contribution in [0.1, 0.15) is 12.0 Å². The Morgan fingerprint density at radius 1 is 1.38 bits per heavy atom. The Labute approximate surface area is 120 Å². The summed E-state index contributed by atoms with van der Waals surface area (Å²) in [7, 11) is 0. The van der Waals surface area contributed by atoms with Gasteiger partial charge >= 0.3 is 5.97 Å². The van der Waals surface area contributed by atoms with Crippen molar-refractivity contribution in [3.63, 3.8) is 0 Å². The van der Waals surface area contributed by atoms with Crippen molar-refractivity contribution in [2.75, 3.05) is 13.2 Å². The number of nitrogens with zero attached hydrogens (tertiary/aromatic N) is 2. The van der Waals surface area contributed by atoms with Crippen LogP contribution in [-0.2, 0) is 20.7 Å². The summed E-state index contributed by atoms with van der Waals surface area (Å²) in [4.78, 5) is 33.0. The van der Waals surface area contributed by atoms with Crippen molar-refractivity contribution in [1.29, 1.82) is 5.26 Å². The fourth-order valence-corrected chi connectivity index (χ4v) is 1.50. The molecule has 8 heteroatoms. The zero-order valence-electron chi connectivity index (χ0n) is 11.1. The molecule has 0 saturated carbocycles. The number of nitro benzene ring substituents is 1. The highest BCUT2D eigenvalue weighted by molar-refractivity contribution is 5.81. The van der Waals surface area contributed by atoms with Crippen LogP contribution >= 0.6 is 0 Å². The molecule has 1 rings (SSSR count). The molecule has 0 saturated heterocycles. The van der Waals surface area contributed by atoms with Crippen molar-refractivity contribution in [2.24, 2.45) is 0 Å². The van der Waals surface area contributed by atoms with Crippen LogP contribution in [0.3, 0.4) is 0 Å². The summed E-state index contributed by atoms with van der Waals surface area (Å²) in [6.07, 6.45) is -0.126. The molecule has 0 bridgehead atoms. The third-order valence-corrected chi connectivity index (χ3v) is 2.45. The van der Waals surface area contributed by atoms with Gasteiger partial charge in [0.15, 0.2) is 6.61 Å². The summed E-state index contributed by atoms with van der Waals surface area (Å²) >= 11 is 0. The molecule has 0 spiro atoms. The number of carbonyl (C=O) groups is 2. The average Bonchev–Trinajstić information content (AvgIpc) is 2.46. The van der Waals surface area contributed by atoms with Gasteiger partial charge < -0.3 is 10.1 Å². The minimum absolute atomic E-state index is 0.163. The van der Waals surface area contributed by atoms with E-state index in [4.69, 9.17) is 10.00 Å². The molecule has 8 nitrogen and oxygen atoms in total. The molecular formula is C13H13N3O5. The van der Waals surface area contributed by atoms with E-state index in [9.17, 15) is 19.7 Å². The molecule has 0 aliphatic carbocycles. The lowest BCUT2D eigenvalue weighted by atomic mass is 10.1. The summed E-state index contributed by atoms with van der Waals surface area (Å²) < 4.78 is 4.72. The standard InChI is InChI=1S/C13H13N3O5/c14-6-3-7-15-12(17)9-21-13(18)8-10-4-1-2-5-11(10)16(19)20/h1-2,4-5H,3,7-9H2,(H,15,17). The molecular weight excluding hydrogens is 278 g/mol. The van der Waals surface area contributed by atoms with E-state index in [0.717, 1.165) is 0 Å². The smallest absolute Gasteiger partial charge is 0.311 e. The fourth-order valence-electron chi connectivity index (χ4n) is 1.50. The van der Waals surface area contributed by atoms with E-state index in [1.165, 1.54) is 18.2 Å². The number of hydrogen-bond acceptors (Lipinski definition) is 6. The van der Waals surface area contributed by atoms with Crippen LogP contribution < -0.4 is 5.32 Å². The lowest BCUT2D eigenvalue weighted by molar-refractivity contribution is -0.385. The molecule has 0 aromatic heterocycles. The second-order valence-electron chi connectivity index (χ2n) is 3.98. The first-order valence-electron chi connectivity index (χ1n) is 6.06. The molecule has 0 atom stereocenters. The molecule has 0 aliphatic heterocycles. The van der Waals surface area contributed by atoms with Crippen LogP contribution in [0.4, 0.5) is 5.69 Å². The quantitative estimate of drug-likeness (QED) is 0.341. The fraction of sp³-hybridized carbons (Fsp3) is 0.308. The Kier molecular flexibility index (Phi) is 6.34. The molecule has 0 unspecified atom stereocenters. The number of ether oxygens (including phenoxy) is 1. The van der Waals surface area contributed by atoms with Gasteiger partial charge in [-0.25, -0.2) is 0 Å². The molecule has 0 fully saturated rings. The number of carbonyl (C=O) groups excluding carboxylic acids is 2. The predicted octanol–water partition coefficient (Wildman–Crippen LogP) is 0.710. The minimum atomic E-state index is -0.736. The van der Waals surface area contributed by atoms with Crippen LogP contribution in [0.2, 0.25) is 0 Å². The molecule has 21 heavy (non-hydrogen) atoms. The number of nitro groups is 1. The normalized spacial score (nSPS) is 9.48. The summed E-state index contributed by atoms with van der Waals surface area (Å²) in [5.74, 6) is -1.26. The van der Waals surface area contributed by atoms with Crippen molar-refractivity contribution >= 4 is 17.6 Å². The molecule has 1 amide bonds. The largest absolute Gasteiger partial charge is 0.455 e. The van der Waals surface area contributed by atoms with Crippen LogP contribution in [-0.4, -0.2) is 30.0 Å². The van der Waals surface area contributed by atoms with E-state index >= 15 is 0 Å². The highest BCUT2D eigenvalue weighted by Gasteiger charge is 2.16. The van der Waals surface area contributed by atoms with Gasteiger partial charge in [-0.05, 0) is 0 Å². The zero-order chi connectivity index (χ0) is 15.7. The Morgan fingerprint density at radius 3 is 2.76 bits per heavy atom. The second-order valence-corrected chi connectivity index (χ2v) is 3.98. The highest BCUT2D eigenvalue weighted by Crippen LogP contribution is 2.18. The summed E-state index contributed by atoms with van der Waals surface area (Å²) in [5.41, 5.74) is 0.0466. The topological polar surface area (TPSA) is 122 Å². The maximum Gasteiger partial charge on any atom is 0.311 e. The van der Waals surface area contributed by atoms with Gasteiger partial charge in [0.2, 0.25) is 0 Å². The Bertz CT molecular complexity index is 579. The number of benzene rings is 1. The molecule has 0 heterocycles. The molecule has 0 radical (unpaired) electrons. The van der Waals surface area contributed by atoms with E-state index in [-0.39, 0.29) is 30.6 Å². The number of hydrogen-bond donors (Lipinski definition) is 1. The second kappa shape index (κ2) is 8.27. The van der Waals surface area contributed by atoms with Gasteiger partial charge in [-0.2, -0.15) is 5.26 Å². The lowest BCUT2D eigenvalue weighted by Crippen LogP contribution is -2.29. The third kappa shape index (κ3) is 5.69. The van der Waals surface area contributed by atoms with Crippen molar-refractivity contribution in [1.82, 2.24) is 5.32 Å². The summed E-state index contributed by atoms with van der Waals surface area (Å²) in [5, 5.41) is 21.5. The molecule has 110 valence electrons. The number of nitriles is 1. The first-order chi connectivity index (χ1) is 10.0. The monoisotopic (exact) mass is 291 g/mol. The number of esters is 1. The van der Waals surface area contributed by atoms with E-state index in [2.05, 4.69) is 5.32 Å². The number of rotatable bonds is 7. The maximum atomic E-state index is 11.5. The summed E-state index contributed by atoms with van der Waals surface area (Å²) in [6.45, 7) is -0.304. The van der Waals surface area contributed by atoms with Gasteiger partial charge in [0.1, 0.15) is 0 Å². The highest BCUT2D eigenvalue weighted by atomic mass is 16.6. The van der Waals surface area contributed by atoms with E-state index in [1.807, 2.05) is 6.07 Å². The predicted molar refractivity (Wildman–Crippen MR) is 71.0 cm³/mol. The Morgan fingerprint density at radius 2 is 2.10 bits per heavy atom. The number of nitrogens with one attached hydrogen (secondary N) is 1. The van der Waals surface area contributed by atoms with Crippen molar-refractivity contribution in [3.05, 3.63) is 39.9 Å². The SMILES string of the molecule is N#CCCNC(=O)COC(=O)Cc1ccccc1[N+](=O)[O-]. The first kappa shape index (κ1) is 16.1. The van der Waals surface area contributed by atoms with E-state index in [0.29, 0.717) is 0 Å².